The molecule has 0 aliphatic heterocycles. The molecule has 1 heterocycles. The average Bonchev–Trinajstić information content (AvgIpc) is 2.83. The number of carboxylic acid groups (broad SMARTS) is 1. The molecule has 6 nitrogen and oxygen atoms in total. The van der Waals surface area contributed by atoms with Gasteiger partial charge in [0.25, 0.3) is 0 Å². The van der Waals surface area contributed by atoms with Crippen molar-refractivity contribution in [1.29, 1.82) is 0 Å². The topological polar surface area (TPSA) is 82.5 Å². The fourth-order valence-electron chi connectivity index (χ4n) is 1.73. The van der Waals surface area contributed by atoms with Gasteiger partial charge in [0.1, 0.15) is 6.04 Å². The second kappa shape index (κ2) is 9.18. The molecule has 0 saturated carbocycles. The van der Waals surface area contributed by atoms with E-state index in [0.717, 1.165) is 10.7 Å². The van der Waals surface area contributed by atoms with Crippen LogP contribution in [0, 0.1) is 5.92 Å². The van der Waals surface area contributed by atoms with Crippen molar-refractivity contribution in [2.75, 3.05) is 7.05 Å². The van der Waals surface area contributed by atoms with E-state index < -0.39 is 18.0 Å². The molecule has 0 radical (unpaired) electrons. The van der Waals surface area contributed by atoms with Crippen molar-refractivity contribution < 1.29 is 35.0 Å². The van der Waals surface area contributed by atoms with Crippen LogP contribution in [0.4, 0.5) is 4.79 Å². The Kier molecular flexibility index (Phi) is 8.75. The zero-order valence-corrected chi connectivity index (χ0v) is 14.9. The summed E-state index contributed by atoms with van der Waals surface area (Å²) in [6.07, 6.45) is 0. The maximum atomic E-state index is 12.0. The molecule has 1 rings (SSSR count). The average molecular weight is 321 g/mol. The van der Waals surface area contributed by atoms with Gasteiger partial charge in [-0.05, 0) is 5.92 Å². The van der Waals surface area contributed by atoms with Gasteiger partial charge in [0, 0.05) is 18.3 Å². The summed E-state index contributed by atoms with van der Waals surface area (Å²) >= 11 is 1.57. The van der Waals surface area contributed by atoms with Gasteiger partial charge in [-0.2, -0.15) is 0 Å². The predicted octanol–water partition coefficient (Wildman–Crippen LogP) is -0.366. The van der Waals surface area contributed by atoms with E-state index in [1.54, 1.807) is 32.2 Å². The number of rotatable bonds is 6. The molecule has 0 fully saturated rings. The van der Waals surface area contributed by atoms with Gasteiger partial charge >= 0.3 is 30.9 Å². The van der Waals surface area contributed by atoms with Crippen LogP contribution in [0.2, 0.25) is 0 Å². The monoisotopic (exact) mass is 321 g/mol. The number of amides is 2. The van der Waals surface area contributed by atoms with Gasteiger partial charge in [0.2, 0.25) is 0 Å². The van der Waals surface area contributed by atoms with Gasteiger partial charge in [-0.15, -0.1) is 11.3 Å². The first-order valence-electron chi connectivity index (χ1n) is 6.91. The van der Waals surface area contributed by atoms with Gasteiger partial charge < -0.3 is 16.7 Å². The molecule has 22 heavy (non-hydrogen) atoms. The Morgan fingerprint density at radius 1 is 1.41 bits per heavy atom. The van der Waals surface area contributed by atoms with Crippen molar-refractivity contribution in [1.82, 2.24) is 15.2 Å². The van der Waals surface area contributed by atoms with Crippen LogP contribution in [0.5, 0.6) is 0 Å². The normalized spacial score (nSPS) is 12.0. The largest absolute Gasteiger partial charge is 1.00 e. The number of carbonyl (C=O) groups excluding carboxylic acids is 1. The Morgan fingerprint density at radius 2 is 2.00 bits per heavy atom. The van der Waals surface area contributed by atoms with Crippen molar-refractivity contribution >= 4 is 23.3 Å². The molecule has 0 aliphatic carbocycles. The number of nitrogens with one attached hydrogen (secondary N) is 1. The van der Waals surface area contributed by atoms with Crippen molar-refractivity contribution in [3.8, 4) is 0 Å². The molecule has 1 aromatic heterocycles. The second-order valence-corrected chi connectivity index (χ2v) is 6.59. The summed E-state index contributed by atoms with van der Waals surface area (Å²) in [5.74, 6) is -0.839. The molecule has 8 heteroatoms. The number of hydrogen-bond acceptors (Lipinski definition) is 4. The molecule has 0 spiro atoms. The van der Waals surface area contributed by atoms with Gasteiger partial charge in [0.15, 0.2) is 0 Å². The third kappa shape index (κ3) is 5.99. The first kappa shape index (κ1) is 21.0. The number of aliphatic carboxylic acids is 1. The first-order chi connectivity index (χ1) is 9.72. The van der Waals surface area contributed by atoms with E-state index in [1.165, 1.54) is 4.90 Å². The Balaban J connectivity index is 0. The summed E-state index contributed by atoms with van der Waals surface area (Å²) in [6, 6.07) is -1.29. The maximum Gasteiger partial charge on any atom is 1.00 e. The smallest absolute Gasteiger partial charge is 1.00 e. The SMILES string of the molecule is CC(C)c1nc(CN(C)C(=O)N[C@H](C(=O)O)C(C)C)cs1.[H-].[Li+]. The number of urea groups is 1. The molecule has 0 unspecified atom stereocenters. The van der Waals surface area contributed by atoms with Crippen LogP contribution in [-0.4, -0.2) is 40.1 Å². The molecule has 2 amide bonds. The van der Waals surface area contributed by atoms with Gasteiger partial charge in [-0.25, -0.2) is 14.6 Å². The number of carbonyl (C=O) groups is 2. The molecule has 1 atom stereocenters. The molecular formula is C14H24LiN3O3S. The maximum absolute atomic E-state index is 12.0. The molecule has 0 aromatic carbocycles. The molecule has 120 valence electrons. The summed E-state index contributed by atoms with van der Waals surface area (Å²) in [4.78, 5) is 29.0. The molecular weight excluding hydrogens is 297 g/mol. The predicted molar refractivity (Wildman–Crippen MR) is 83.6 cm³/mol. The van der Waals surface area contributed by atoms with Crippen LogP contribution in [0.25, 0.3) is 0 Å². The third-order valence-electron chi connectivity index (χ3n) is 3.02. The first-order valence-corrected chi connectivity index (χ1v) is 7.79. The van der Waals surface area contributed by atoms with Crippen LogP contribution in [-0.2, 0) is 11.3 Å². The molecule has 0 bridgehead atoms. The van der Waals surface area contributed by atoms with Crippen molar-refractivity contribution in [3.05, 3.63) is 16.1 Å². The second-order valence-electron chi connectivity index (χ2n) is 5.70. The van der Waals surface area contributed by atoms with Gasteiger partial charge in [0.05, 0.1) is 17.2 Å². The van der Waals surface area contributed by atoms with Crippen molar-refractivity contribution in [2.45, 2.75) is 46.2 Å². The van der Waals surface area contributed by atoms with Crippen LogP contribution in [0.15, 0.2) is 5.38 Å². The number of carboxylic acids is 1. The summed E-state index contributed by atoms with van der Waals surface area (Å²) < 4.78 is 0. The summed E-state index contributed by atoms with van der Waals surface area (Å²) in [5.41, 5.74) is 0.817. The van der Waals surface area contributed by atoms with Gasteiger partial charge in [-0.3, -0.25) is 0 Å². The minimum atomic E-state index is -1.03. The summed E-state index contributed by atoms with van der Waals surface area (Å²) in [5, 5.41) is 14.6. The van der Waals surface area contributed by atoms with Crippen LogP contribution in [0.3, 0.4) is 0 Å². The van der Waals surface area contributed by atoms with Crippen LogP contribution in [0.1, 0.15) is 45.7 Å². The number of nitrogens with zero attached hydrogens (tertiary/aromatic N) is 2. The Hall–Kier alpha value is -1.03. The van der Waals surface area contributed by atoms with Crippen LogP contribution < -0.4 is 24.2 Å². The van der Waals surface area contributed by atoms with Crippen molar-refractivity contribution in [3.63, 3.8) is 0 Å². The van der Waals surface area contributed by atoms with E-state index in [1.807, 2.05) is 5.38 Å². The fourth-order valence-corrected chi connectivity index (χ4v) is 2.56. The Bertz CT molecular complexity index is 511. The molecule has 2 N–H and O–H groups in total. The summed E-state index contributed by atoms with van der Waals surface area (Å²) in [7, 11) is 1.63. The minimum absolute atomic E-state index is 0. The quantitative estimate of drug-likeness (QED) is 0.701. The van der Waals surface area contributed by atoms with E-state index in [2.05, 4.69) is 24.1 Å². The van der Waals surface area contributed by atoms with Gasteiger partial charge in [-0.1, -0.05) is 27.7 Å². The zero-order valence-electron chi connectivity index (χ0n) is 15.1. The van der Waals surface area contributed by atoms with Crippen LogP contribution >= 0.6 is 11.3 Å². The number of hydrogen-bond donors (Lipinski definition) is 2. The molecule has 1 aromatic rings. The van der Waals surface area contributed by atoms with E-state index in [0.29, 0.717) is 12.5 Å². The van der Waals surface area contributed by atoms with E-state index in [9.17, 15) is 9.59 Å². The number of thiazole rings is 1. The molecule has 0 aliphatic rings. The van der Waals surface area contributed by atoms with Crippen molar-refractivity contribution in [2.24, 2.45) is 5.92 Å². The standard InChI is InChI=1S/C14H23N3O3S.Li.H/c1-8(2)11(13(18)19)16-14(20)17(5)6-10-7-21-12(15-10)9(3)4;;/h7-9,11H,6H2,1-5H3,(H,16,20)(H,18,19);;/q;+1;-1/t11-;;/m0../s1. The fraction of sp³-hybridized carbons (Fsp3) is 0.643. The van der Waals surface area contributed by atoms with E-state index in [-0.39, 0.29) is 26.2 Å². The van der Waals surface area contributed by atoms with E-state index >= 15 is 0 Å². The van der Waals surface area contributed by atoms with E-state index in [4.69, 9.17) is 5.11 Å². The molecule has 0 saturated heterocycles. The summed E-state index contributed by atoms with van der Waals surface area (Å²) in [6.45, 7) is 8.01. The number of aromatic nitrogens is 1. The Morgan fingerprint density at radius 3 is 2.41 bits per heavy atom. The zero-order chi connectivity index (χ0) is 16.2. The Labute approximate surface area is 149 Å². The minimum Gasteiger partial charge on any atom is -1.00 e. The third-order valence-corrected chi connectivity index (χ3v) is 4.22.